The van der Waals surface area contributed by atoms with Crippen LogP contribution < -0.4 is 10.6 Å². The lowest BCUT2D eigenvalue weighted by Crippen LogP contribution is -2.19. The van der Waals surface area contributed by atoms with Gasteiger partial charge >= 0.3 is 0 Å². The van der Waals surface area contributed by atoms with Crippen molar-refractivity contribution in [3.05, 3.63) is 10.9 Å². The number of aromatic nitrogens is 2. The largest absolute Gasteiger partial charge is 0.368 e. The van der Waals surface area contributed by atoms with Gasteiger partial charge in [0, 0.05) is 18.5 Å². The second kappa shape index (κ2) is 4.87. The molecule has 0 fully saturated rings. The zero-order valence-corrected chi connectivity index (χ0v) is 11.3. The Hall–Kier alpha value is -1.36. The van der Waals surface area contributed by atoms with Crippen LogP contribution in [-0.2, 0) is 6.42 Å². The first-order chi connectivity index (χ1) is 8.15. The number of rotatable bonds is 4. The molecular weight excluding hydrogens is 232 g/mol. The van der Waals surface area contributed by atoms with Gasteiger partial charge in [0.2, 0.25) is 5.95 Å². The number of thiophene rings is 1. The maximum absolute atomic E-state index is 5.77. The summed E-state index contributed by atoms with van der Waals surface area (Å²) in [4.78, 5) is 13.1. The maximum Gasteiger partial charge on any atom is 0.223 e. The molecule has 0 atom stereocenters. The quantitative estimate of drug-likeness (QED) is 0.906. The average Bonchev–Trinajstić information content (AvgIpc) is 2.70. The summed E-state index contributed by atoms with van der Waals surface area (Å²) in [5, 5.41) is 1.12. The zero-order chi connectivity index (χ0) is 12.4. The predicted octanol–water partition coefficient (Wildman–Crippen LogP) is 2.68. The molecule has 0 saturated heterocycles. The first-order valence-electron chi connectivity index (χ1n) is 5.92. The Morgan fingerprint density at radius 3 is 2.76 bits per heavy atom. The van der Waals surface area contributed by atoms with Crippen LogP contribution in [0.15, 0.2) is 6.07 Å². The summed E-state index contributed by atoms with van der Waals surface area (Å²) in [5.41, 5.74) is 5.77. The molecule has 0 spiro atoms. The van der Waals surface area contributed by atoms with Crippen LogP contribution in [0.3, 0.4) is 0 Å². The van der Waals surface area contributed by atoms with E-state index < -0.39 is 0 Å². The molecule has 2 aromatic rings. The van der Waals surface area contributed by atoms with Gasteiger partial charge in [0.25, 0.3) is 0 Å². The fourth-order valence-electron chi connectivity index (χ4n) is 1.88. The van der Waals surface area contributed by atoms with E-state index in [0.29, 0.717) is 5.95 Å². The minimum Gasteiger partial charge on any atom is -0.368 e. The Balaban J connectivity index is 2.55. The van der Waals surface area contributed by atoms with Crippen LogP contribution in [0.4, 0.5) is 11.8 Å². The molecule has 0 amide bonds. The molecule has 17 heavy (non-hydrogen) atoms. The molecule has 0 bridgehead atoms. The van der Waals surface area contributed by atoms with Gasteiger partial charge in [-0.2, -0.15) is 4.98 Å². The highest BCUT2D eigenvalue weighted by Crippen LogP contribution is 2.31. The summed E-state index contributed by atoms with van der Waals surface area (Å²) >= 11 is 1.70. The van der Waals surface area contributed by atoms with Crippen molar-refractivity contribution in [2.24, 2.45) is 0 Å². The van der Waals surface area contributed by atoms with Crippen molar-refractivity contribution in [1.29, 1.82) is 0 Å². The molecule has 5 heteroatoms. The average molecular weight is 250 g/mol. The van der Waals surface area contributed by atoms with Crippen molar-refractivity contribution in [3.63, 3.8) is 0 Å². The number of hydrogen-bond acceptors (Lipinski definition) is 5. The van der Waals surface area contributed by atoms with Gasteiger partial charge in [-0.25, -0.2) is 4.98 Å². The molecule has 2 heterocycles. The van der Waals surface area contributed by atoms with Crippen molar-refractivity contribution in [2.45, 2.75) is 26.7 Å². The second-order valence-electron chi connectivity index (χ2n) is 4.11. The van der Waals surface area contributed by atoms with Gasteiger partial charge in [0.15, 0.2) is 0 Å². The van der Waals surface area contributed by atoms with Gasteiger partial charge < -0.3 is 10.6 Å². The number of anilines is 2. The summed E-state index contributed by atoms with van der Waals surface area (Å²) in [6.07, 6.45) is 2.12. The van der Waals surface area contributed by atoms with Gasteiger partial charge in [0.1, 0.15) is 10.6 Å². The van der Waals surface area contributed by atoms with E-state index in [-0.39, 0.29) is 0 Å². The van der Waals surface area contributed by atoms with Crippen molar-refractivity contribution in [2.75, 3.05) is 24.2 Å². The van der Waals surface area contributed by atoms with E-state index in [1.807, 2.05) is 7.05 Å². The topological polar surface area (TPSA) is 55.0 Å². The van der Waals surface area contributed by atoms with Crippen molar-refractivity contribution >= 4 is 33.3 Å². The second-order valence-corrected chi connectivity index (χ2v) is 5.23. The standard InChI is InChI=1S/C12H18N4S/c1-4-6-16(3)10-9-7-8(5-2)17-11(9)15-12(13)14-10/h7H,4-6H2,1-3H3,(H2,13,14,15). The maximum atomic E-state index is 5.77. The summed E-state index contributed by atoms with van der Waals surface area (Å²) < 4.78 is 0. The zero-order valence-electron chi connectivity index (χ0n) is 10.5. The molecule has 92 valence electrons. The Bertz CT molecular complexity index is 520. The van der Waals surface area contributed by atoms with E-state index >= 15 is 0 Å². The van der Waals surface area contributed by atoms with E-state index in [0.717, 1.165) is 35.4 Å². The molecule has 4 nitrogen and oxygen atoms in total. The molecule has 2 N–H and O–H groups in total. The first-order valence-corrected chi connectivity index (χ1v) is 6.74. The minimum absolute atomic E-state index is 0.361. The molecule has 0 aromatic carbocycles. The van der Waals surface area contributed by atoms with Crippen molar-refractivity contribution in [1.82, 2.24) is 9.97 Å². The van der Waals surface area contributed by atoms with Crippen LogP contribution >= 0.6 is 11.3 Å². The number of aryl methyl sites for hydroxylation is 1. The predicted molar refractivity (Wildman–Crippen MR) is 74.8 cm³/mol. The number of fused-ring (bicyclic) bond motifs is 1. The Kier molecular flexibility index (Phi) is 3.47. The van der Waals surface area contributed by atoms with E-state index in [1.165, 1.54) is 4.88 Å². The monoisotopic (exact) mass is 250 g/mol. The Morgan fingerprint density at radius 2 is 2.12 bits per heavy atom. The molecule has 0 unspecified atom stereocenters. The number of hydrogen-bond donors (Lipinski definition) is 1. The molecular formula is C12H18N4S. The third-order valence-corrected chi connectivity index (χ3v) is 3.88. The molecule has 0 saturated carbocycles. The number of nitrogens with zero attached hydrogens (tertiary/aromatic N) is 3. The van der Waals surface area contributed by atoms with Crippen molar-refractivity contribution < 1.29 is 0 Å². The lowest BCUT2D eigenvalue weighted by molar-refractivity contribution is 0.841. The summed E-state index contributed by atoms with van der Waals surface area (Å²) in [7, 11) is 2.05. The molecule has 0 aliphatic carbocycles. The fourth-order valence-corrected chi connectivity index (χ4v) is 2.85. The highest BCUT2D eigenvalue weighted by Gasteiger charge is 2.12. The number of nitrogens with two attached hydrogens (primary N) is 1. The van der Waals surface area contributed by atoms with E-state index in [9.17, 15) is 0 Å². The SMILES string of the molecule is CCCN(C)c1nc(N)nc2sc(CC)cc12. The van der Waals surface area contributed by atoms with Gasteiger partial charge in [-0.05, 0) is 18.9 Å². The third-order valence-electron chi connectivity index (χ3n) is 2.71. The molecule has 2 rings (SSSR count). The minimum atomic E-state index is 0.361. The van der Waals surface area contributed by atoms with Gasteiger partial charge in [0.05, 0.1) is 5.39 Å². The molecule has 2 aromatic heterocycles. The highest BCUT2D eigenvalue weighted by atomic mass is 32.1. The van der Waals surface area contributed by atoms with Crippen LogP contribution in [0.1, 0.15) is 25.1 Å². The van der Waals surface area contributed by atoms with Gasteiger partial charge in [-0.3, -0.25) is 0 Å². The third kappa shape index (κ3) is 2.34. The van der Waals surface area contributed by atoms with E-state index in [2.05, 4.69) is 34.8 Å². The highest BCUT2D eigenvalue weighted by molar-refractivity contribution is 7.18. The van der Waals surface area contributed by atoms with Crippen LogP contribution in [0.5, 0.6) is 0 Å². The van der Waals surface area contributed by atoms with E-state index in [4.69, 9.17) is 5.73 Å². The lowest BCUT2D eigenvalue weighted by atomic mass is 10.3. The van der Waals surface area contributed by atoms with Crippen LogP contribution in [-0.4, -0.2) is 23.6 Å². The Morgan fingerprint density at radius 1 is 1.35 bits per heavy atom. The van der Waals surface area contributed by atoms with Crippen molar-refractivity contribution in [3.8, 4) is 0 Å². The fraction of sp³-hybridized carbons (Fsp3) is 0.500. The molecule has 0 radical (unpaired) electrons. The van der Waals surface area contributed by atoms with Crippen LogP contribution in [0, 0.1) is 0 Å². The lowest BCUT2D eigenvalue weighted by Gasteiger charge is -2.17. The summed E-state index contributed by atoms with van der Waals surface area (Å²) in [5.74, 6) is 1.31. The number of nitrogen functional groups attached to an aromatic ring is 1. The normalized spacial score (nSPS) is 11.0. The summed E-state index contributed by atoms with van der Waals surface area (Å²) in [6.45, 7) is 5.28. The smallest absolute Gasteiger partial charge is 0.223 e. The molecule has 0 aliphatic rings. The van der Waals surface area contributed by atoms with Crippen LogP contribution in [0.2, 0.25) is 0 Å². The van der Waals surface area contributed by atoms with Gasteiger partial charge in [-0.15, -0.1) is 11.3 Å². The van der Waals surface area contributed by atoms with Crippen LogP contribution in [0.25, 0.3) is 10.2 Å². The first kappa shape index (κ1) is 12.1. The van der Waals surface area contributed by atoms with Gasteiger partial charge in [-0.1, -0.05) is 13.8 Å². The Labute approximate surface area is 105 Å². The summed E-state index contributed by atoms with van der Waals surface area (Å²) in [6, 6.07) is 2.18. The molecule has 0 aliphatic heterocycles. The van der Waals surface area contributed by atoms with E-state index in [1.54, 1.807) is 11.3 Å².